The van der Waals surface area contributed by atoms with Crippen LogP contribution in [0.15, 0.2) is 36.4 Å². The van der Waals surface area contributed by atoms with Crippen LogP contribution in [0.5, 0.6) is 0 Å². The first-order valence-electron chi connectivity index (χ1n) is 6.70. The summed E-state index contributed by atoms with van der Waals surface area (Å²) < 4.78 is 1.40. The molecule has 0 radical (unpaired) electrons. The van der Waals surface area contributed by atoms with Gasteiger partial charge in [-0.1, -0.05) is 0 Å². The average molecular weight is 371 g/mol. The van der Waals surface area contributed by atoms with Crippen molar-refractivity contribution in [2.45, 2.75) is 14.8 Å². The molecule has 20 heavy (non-hydrogen) atoms. The molecule has 3 heteroatoms. The molecule has 3 rings (SSSR count). The van der Waals surface area contributed by atoms with Crippen molar-refractivity contribution < 1.29 is 9.59 Å². The van der Waals surface area contributed by atoms with E-state index >= 15 is 0 Å². The van der Waals surface area contributed by atoms with Gasteiger partial charge < -0.3 is 0 Å². The number of carbonyl (C=O) groups is 2. The van der Waals surface area contributed by atoms with Gasteiger partial charge in [0.15, 0.2) is 0 Å². The Morgan fingerprint density at radius 1 is 0.850 bits per heavy atom. The molecule has 0 bridgehead atoms. The van der Waals surface area contributed by atoms with Crippen LogP contribution >= 0.6 is 0 Å². The third-order valence-corrected chi connectivity index (χ3v) is 9.68. The van der Waals surface area contributed by atoms with Crippen molar-refractivity contribution in [1.29, 1.82) is 0 Å². The molecular formula is C17H16O2Sn. The van der Waals surface area contributed by atoms with E-state index in [4.69, 9.17) is 0 Å². The summed E-state index contributed by atoms with van der Waals surface area (Å²) in [6, 6.07) is 11.5. The molecule has 2 aromatic rings. The van der Waals surface area contributed by atoms with Crippen molar-refractivity contribution in [1.82, 2.24) is 0 Å². The molecule has 2 nitrogen and oxygen atoms in total. The number of hydrogen-bond acceptors (Lipinski definition) is 2. The summed E-state index contributed by atoms with van der Waals surface area (Å²) in [6.45, 7) is 0. The summed E-state index contributed by atoms with van der Waals surface area (Å²) in [4.78, 5) is 30.4. The second kappa shape index (κ2) is 4.55. The van der Waals surface area contributed by atoms with Gasteiger partial charge in [-0.3, -0.25) is 0 Å². The van der Waals surface area contributed by atoms with Crippen LogP contribution in [0, 0.1) is 0 Å². The standard InChI is InChI=1S/C14H7O2.3CH3.Sn/c15-8-9-5-6-12-13(7-9)10-3-1-2-4-11(10)14(12)16;;;;/h2-8H;3*1H3;. The summed E-state index contributed by atoms with van der Waals surface area (Å²) in [6.07, 6.45) is 0.829. The van der Waals surface area contributed by atoms with E-state index in [1.54, 1.807) is 12.1 Å². The van der Waals surface area contributed by atoms with Gasteiger partial charge in [-0.15, -0.1) is 0 Å². The molecule has 1 aliphatic rings. The first kappa shape index (κ1) is 13.6. The molecule has 0 heterocycles. The third-order valence-electron chi connectivity index (χ3n) is 3.84. The number of rotatable bonds is 2. The number of benzene rings is 2. The fourth-order valence-corrected chi connectivity index (χ4v) is 5.95. The molecule has 0 amide bonds. The van der Waals surface area contributed by atoms with E-state index in [2.05, 4.69) is 27.0 Å². The Bertz CT molecular complexity index is 739. The molecule has 0 fully saturated rings. The van der Waals surface area contributed by atoms with Gasteiger partial charge in [-0.05, 0) is 0 Å². The van der Waals surface area contributed by atoms with E-state index in [0.29, 0.717) is 11.1 Å². The fraction of sp³-hybridized carbons (Fsp3) is 0.176. The Hall–Kier alpha value is -1.42. The van der Waals surface area contributed by atoms with Crippen molar-refractivity contribution in [3.05, 3.63) is 53.1 Å². The predicted octanol–water partition coefficient (Wildman–Crippen LogP) is 3.26. The normalized spacial score (nSPS) is 13.1. The first-order chi connectivity index (χ1) is 9.41. The van der Waals surface area contributed by atoms with Gasteiger partial charge in [0.1, 0.15) is 0 Å². The first-order valence-corrected chi connectivity index (χ1v) is 16.7. The van der Waals surface area contributed by atoms with Crippen molar-refractivity contribution in [3.8, 4) is 11.1 Å². The summed E-state index contributed by atoms with van der Waals surface area (Å²) in [5.41, 5.74) is 4.01. The monoisotopic (exact) mass is 372 g/mol. The average Bonchev–Trinajstić information content (AvgIpc) is 2.70. The van der Waals surface area contributed by atoms with Gasteiger partial charge in [0.05, 0.1) is 0 Å². The van der Waals surface area contributed by atoms with Crippen LogP contribution in [0.4, 0.5) is 0 Å². The molecule has 2 aromatic carbocycles. The minimum atomic E-state index is -2.17. The van der Waals surface area contributed by atoms with Crippen molar-refractivity contribution in [2.24, 2.45) is 0 Å². The SMILES string of the molecule is [CH3][Sn]([CH3])([CH3])[c]1ccc2c(c1)-c1cc(C=O)ccc1C2=O. The fourth-order valence-electron chi connectivity index (χ4n) is 2.63. The van der Waals surface area contributed by atoms with E-state index in [1.165, 1.54) is 3.58 Å². The van der Waals surface area contributed by atoms with Gasteiger partial charge in [0.25, 0.3) is 0 Å². The Balaban J connectivity index is 2.26. The van der Waals surface area contributed by atoms with Gasteiger partial charge in [0, 0.05) is 0 Å². The zero-order valence-electron chi connectivity index (χ0n) is 11.9. The van der Waals surface area contributed by atoms with Gasteiger partial charge in [-0.2, -0.15) is 0 Å². The quantitative estimate of drug-likeness (QED) is 0.512. The van der Waals surface area contributed by atoms with Gasteiger partial charge >= 0.3 is 123 Å². The molecule has 0 spiro atoms. The topological polar surface area (TPSA) is 34.1 Å². The van der Waals surface area contributed by atoms with Crippen LogP contribution in [0.25, 0.3) is 11.1 Å². The summed E-state index contributed by atoms with van der Waals surface area (Å²) >= 11 is -2.17. The van der Waals surface area contributed by atoms with Crippen LogP contribution in [-0.4, -0.2) is 30.4 Å². The molecule has 0 aliphatic heterocycles. The minimum absolute atomic E-state index is 0.0723. The number of ketones is 1. The Morgan fingerprint density at radius 2 is 1.45 bits per heavy atom. The third kappa shape index (κ3) is 2.02. The summed E-state index contributed by atoms with van der Waals surface area (Å²) in [5, 5.41) is 0. The summed E-state index contributed by atoms with van der Waals surface area (Å²) in [5.74, 6) is 0.0723. The molecule has 0 unspecified atom stereocenters. The van der Waals surface area contributed by atoms with Crippen molar-refractivity contribution in [2.75, 3.05) is 0 Å². The predicted molar refractivity (Wildman–Crippen MR) is 83.7 cm³/mol. The van der Waals surface area contributed by atoms with Crippen LogP contribution < -0.4 is 3.58 Å². The van der Waals surface area contributed by atoms with Crippen molar-refractivity contribution in [3.63, 3.8) is 0 Å². The maximum atomic E-state index is 12.4. The van der Waals surface area contributed by atoms with Crippen LogP contribution in [0.3, 0.4) is 0 Å². The zero-order valence-corrected chi connectivity index (χ0v) is 14.7. The number of carbonyl (C=O) groups excluding carboxylic acids is 2. The number of aldehydes is 1. The van der Waals surface area contributed by atoms with E-state index in [0.717, 1.165) is 23.0 Å². The Morgan fingerprint density at radius 3 is 2.05 bits per heavy atom. The van der Waals surface area contributed by atoms with E-state index in [9.17, 15) is 9.59 Å². The van der Waals surface area contributed by atoms with E-state index in [1.807, 2.05) is 12.1 Å². The second-order valence-corrected chi connectivity index (χ2v) is 20.8. The summed E-state index contributed by atoms with van der Waals surface area (Å²) in [7, 11) is 0. The molecule has 0 N–H and O–H groups in total. The second-order valence-electron chi connectivity index (χ2n) is 6.26. The zero-order chi connectivity index (χ0) is 14.5. The molecule has 0 atom stereocenters. The van der Waals surface area contributed by atoms with Crippen LogP contribution in [0.2, 0.25) is 14.8 Å². The molecule has 0 aromatic heterocycles. The molecule has 1 aliphatic carbocycles. The molecule has 100 valence electrons. The molecule has 0 saturated heterocycles. The Labute approximate surface area is 122 Å². The number of hydrogen-bond donors (Lipinski definition) is 0. The molecule has 0 saturated carbocycles. The van der Waals surface area contributed by atoms with Gasteiger partial charge in [-0.25, -0.2) is 0 Å². The maximum absolute atomic E-state index is 12.4. The Kier molecular flexibility index (Phi) is 3.09. The van der Waals surface area contributed by atoms with Crippen LogP contribution in [-0.2, 0) is 0 Å². The van der Waals surface area contributed by atoms with E-state index in [-0.39, 0.29) is 5.78 Å². The molecular weight excluding hydrogens is 355 g/mol. The van der Waals surface area contributed by atoms with Gasteiger partial charge in [0.2, 0.25) is 0 Å². The van der Waals surface area contributed by atoms with E-state index < -0.39 is 18.4 Å². The van der Waals surface area contributed by atoms with Crippen LogP contribution in [0.1, 0.15) is 26.3 Å². The number of fused-ring (bicyclic) bond motifs is 3. The van der Waals surface area contributed by atoms with Crippen molar-refractivity contribution >= 4 is 34.0 Å².